The van der Waals surface area contributed by atoms with Crippen LogP contribution < -0.4 is 0 Å². The average molecular weight is 373 g/mol. The Balaban J connectivity index is 1.96. The van der Waals surface area contributed by atoms with Gasteiger partial charge >= 0.3 is 0 Å². The van der Waals surface area contributed by atoms with Crippen molar-refractivity contribution in [3.05, 3.63) is 100 Å². The van der Waals surface area contributed by atoms with Crippen molar-refractivity contribution in [2.24, 2.45) is 0 Å². The molecule has 3 aromatic carbocycles. The molecular weight excluding hydrogens is 359 g/mol. The molecule has 0 N–H and O–H groups in total. The molecule has 110 valence electrons. The Labute approximate surface area is 142 Å². The molecule has 3 rings (SSSR count). The summed E-state index contributed by atoms with van der Waals surface area (Å²) in [6, 6.07) is 25.3. The average Bonchev–Trinajstić information content (AvgIpc) is 2.56. The molecule has 3 heteroatoms. The van der Waals surface area contributed by atoms with Gasteiger partial charge in [-0.1, -0.05) is 58.4 Å². The maximum absolute atomic E-state index is 13.2. The highest BCUT2D eigenvalue weighted by molar-refractivity contribution is 9.10. The molecule has 0 amide bonds. The highest BCUT2D eigenvalue weighted by atomic mass is 79.9. The summed E-state index contributed by atoms with van der Waals surface area (Å²) >= 11 is 5.22. The molecule has 0 aliphatic carbocycles. The van der Waals surface area contributed by atoms with E-state index in [0.717, 1.165) is 10.0 Å². The first-order valence-electron chi connectivity index (χ1n) is 6.95. The Morgan fingerprint density at radius 1 is 0.727 bits per heavy atom. The summed E-state index contributed by atoms with van der Waals surface area (Å²) in [5.41, 5.74) is 2.31. The van der Waals surface area contributed by atoms with Crippen LogP contribution in [0.3, 0.4) is 0 Å². The minimum atomic E-state index is -0.204. The van der Waals surface area contributed by atoms with Crippen LogP contribution in [0.1, 0.15) is 16.4 Å². The van der Waals surface area contributed by atoms with Crippen LogP contribution in [0.2, 0.25) is 0 Å². The van der Waals surface area contributed by atoms with E-state index in [1.54, 1.807) is 11.8 Å². The van der Waals surface area contributed by atoms with E-state index in [1.807, 2.05) is 42.5 Å². The fourth-order valence-corrected chi connectivity index (χ4v) is 3.66. The zero-order chi connectivity index (χ0) is 15.4. The quantitative estimate of drug-likeness (QED) is 0.472. The summed E-state index contributed by atoms with van der Waals surface area (Å²) in [5.74, 6) is -0.204. The Hall–Kier alpha value is -1.58. The molecule has 3 aromatic rings. The predicted octanol–water partition coefficient (Wildman–Crippen LogP) is 6.47. The standard InChI is InChI=1S/C19H14BrFS/c20-16-8-12-18(13-9-16)22-19(14-4-2-1-3-5-14)15-6-10-17(21)11-7-15/h1-13,19H/t19-/m1/s1. The molecule has 0 heterocycles. The van der Waals surface area contributed by atoms with Crippen molar-refractivity contribution in [1.82, 2.24) is 0 Å². The normalized spacial score (nSPS) is 12.1. The lowest BCUT2D eigenvalue weighted by atomic mass is 10.0. The van der Waals surface area contributed by atoms with E-state index in [4.69, 9.17) is 0 Å². The molecule has 0 aromatic heterocycles. The number of benzene rings is 3. The van der Waals surface area contributed by atoms with Gasteiger partial charge in [-0.2, -0.15) is 0 Å². The fourth-order valence-electron chi connectivity index (χ4n) is 2.24. The van der Waals surface area contributed by atoms with Gasteiger partial charge in [0.15, 0.2) is 0 Å². The first-order chi connectivity index (χ1) is 10.7. The zero-order valence-corrected chi connectivity index (χ0v) is 14.1. The molecule has 0 radical (unpaired) electrons. The second kappa shape index (κ2) is 7.12. The van der Waals surface area contributed by atoms with E-state index in [0.29, 0.717) is 0 Å². The van der Waals surface area contributed by atoms with Crippen molar-refractivity contribution in [2.45, 2.75) is 10.1 Å². The number of thioether (sulfide) groups is 1. The summed E-state index contributed by atoms with van der Waals surface area (Å²) in [4.78, 5) is 1.18. The van der Waals surface area contributed by atoms with E-state index in [9.17, 15) is 4.39 Å². The lowest BCUT2D eigenvalue weighted by Gasteiger charge is -2.18. The molecule has 0 aliphatic rings. The van der Waals surface area contributed by atoms with Crippen LogP contribution in [0.5, 0.6) is 0 Å². The Morgan fingerprint density at radius 2 is 1.32 bits per heavy atom. The smallest absolute Gasteiger partial charge is 0.123 e. The van der Waals surface area contributed by atoms with Crippen molar-refractivity contribution >= 4 is 27.7 Å². The van der Waals surface area contributed by atoms with Gasteiger partial charge in [0.2, 0.25) is 0 Å². The molecule has 0 nitrogen and oxygen atoms in total. The second-order valence-corrected chi connectivity index (χ2v) is 7.01. The van der Waals surface area contributed by atoms with Gasteiger partial charge in [0.05, 0.1) is 5.25 Å². The summed E-state index contributed by atoms with van der Waals surface area (Å²) in [6.45, 7) is 0. The lowest BCUT2D eigenvalue weighted by Crippen LogP contribution is -1.97. The van der Waals surface area contributed by atoms with Crippen molar-refractivity contribution < 1.29 is 4.39 Å². The molecule has 0 spiro atoms. The minimum absolute atomic E-state index is 0.142. The number of hydrogen-bond donors (Lipinski definition) is 0. The van der Waals surface area contributed by atoms with Crippen molar-refractivity contribution in [2.75, 3.05) is 0 Å². The van der Waals surface area contributed by atoms with Crippen LogP contribution in [0.25, 0.3) is 0 Å². The van der Waals surface area contributed by atoms with Gasteiger partial charge in [-0.25, -0.2) is 4.39 Å². The van der Waals surface area contributed by atoms with E-state index in [-0.39, 0.29) is 11.1 Å². The van der Waals surface area contributed by atoms with Crippen LogP contribution in [-0.4, -0.2) is 0 Å². The molecular formula is C19H14BrFS. The van der Waals surface area contributed by atoms with Crippen molar-refractivity contribution in [3.8, 4) is 0 Å². The predicted molar refractivity (Wildman–Crippen MR) is 94.7 cm³/mol. The number of rotatable bonds is 4. The number of halogens is 2. The van der Waals surface area contributed by atoms with Crippen LogP contribution in [-0.2, 0) is 0 Å². The first-order valence-corrected chi connectivity index (χ1v) is 8.62. The summed E-state index contributed by atoms with van der Waals surface area (Å²) in [5, 5.41) is 0.142. The third kappa shape index (κ3) is 3.79. The highest BCUT2D eigenvalue weighted by Gasteiger charge is 2.15. The monoisotopic (exact) mass is 372 g/mol. The maximum atomic E-state index is 13.2. The van der Waals surface area contributed by atoms with Gasteiger partial charge in [0.1, 0.15) is 5.82 Å². The SMILES string of the molecule is Fc1ccc([C@H](Sc2ccc(Br)cc2)c2ccccc2)cc1. The molecule has 0 saturated heterocycles. The molecule has 0 bridgehead atoms. The second-order valence-electron chi connectivity index (χ2n) is 4.91. The Morgan fingerprint density at radius 3 is 1.95 bits per heavy atom. The topological polar surface area (TPSA) is 0 Å². The lowest BCUT2D eigenvalue weighted by molar-refractivity contribution is 0.627. The van der Waals surface area contributed by atoms with E-state index < -0.39 is 0 Å². The first kappa shape index (κ1) is 15.3. The summed E-state index contributed by atoms with van der Waals surface area (Å²) in [6.07, 6.45) is 0. The molecule has 22 heavy (non-hydrogen) atoms. The molecule has 0 unspecified atom stereocenters. The molecule has 0 aliphatic heterocycles. The minimum Gasteiger partial charge on any atom is -0.207 e. The summed E-state index contributed by atoms with van der Waals surface area (Å²) < 4.78 is 14.3. The van der Waals surface area contributed by atoms with E-state index in [2.05, 4.69) is 40.2 Å². The van der Waals surface area contributed by atoms with E-state index >= 15 is 0 Å². The van der Waals surface area contributed by atoms with E-state index in [1.165, 1.54) is 22.6 Å². The van der Waals surface area contributed by atoms with Crippen LogP contribution >= 0.6 is 27.7 Å². The molecule has 0 fully saturated rings. The zero-order valence-electron chi connectivity index (χ0n) is 11.7. The highest BCUT2D eigenvalue weighted by Crippen LogP contribution is 2.40. The maximum Gasteiger partial charge on any atom is 0.123 e. The third-order valence-electron chi connectivity index (χ3n) is 3.34. The van der Waals surface area contributed by atoms with Crippen LogP contribution in [0, 0.1) is 5.82 Å². The largest absolute Gasteiger partial charge is 0.207 e. The van der Waals surface area contributed by atoms with Gasteiger partial charge in [0, 0.05) is 9.37 Å². The summed E-state index contributed by atoms with van der Waals surface area (Å²) in [7, 11) is 0. The number of hydrogen-bond acceptors (Lipinski definition) is 1. The van der Waals surface area contributed by atoms with Crippen LogP contribution in [0.15, 0.2) is 88.2 Å². The van der Waals surface area contributed by atoms with Gasteiger partial charge in [-0.05, 0) is 47.5 Å². The van der Waals surface area contributed by atoms with Crippen molar-refractivity contribution in [1.29, 1.82) is 0 Å². The van der Waals surface area contributed by atoms with Crippen molar-refractivity contribution in [3.63, 3.8) is 0 Å². The fraction of sp³-hybridized carbons (Fsp3) is 0.0526. The molecule has 1 atom stereocenters. The van der Waals surface area contributed by atoms with Gasteiger partial charge in [-0.15, -0.1) is 11.8 Å². The van der Waals surface area contributed by atoms with Gasteiger partial charge in [-0.3, -0.25) is 0 Å². The van der Waals surface area contributed by atoms with Gasteiger partial charge in [0.25, 0.3) is 0 Å². The Kier molecular flexibility index (Phi) is 4.96. The molecule has 0 saturated carbocycles. The van der Waals surface area contributed by atoms with Crippen LogP contribution in [0.4, 0.5) is 4.39 Å². The third-order valence-corrected chi connectivity index (χ3v) is 5.20. The van der Waals surface area contributed by atoms with Gasteiger partial charge < -0.3 is 0 Å². The Bertz CT molecular complexity index is 724.